The number of hydrogen-bond donors (Lipinski definition) is 2. The van der Waals surface area contributed by atoms with Crippen LogP contribution in [0, 0.1) is 16.0 Å². The molecule has 8 nitrogen and oxygen atoms in total. The molecule has 8 heteroatoms. The summed E-state index contributed by atoms with van der Waals surface area (Å²) in [6.45, 7) is 2.07. The van der Waals surface area contributed by atoms with Crippen LogP contribution in [0.2, 0.25) is 0 Å². The van der Waals surface area contributed by atoms with Crippen LogP contribution in [0.25, 0.3) is 0 Å². The number of pyridine rings is 1. The highest BCUT2D eigenvalue weighted by Crippen LogP contribution is 2.36. The Hall–Kier alpha value is -2.38. The van der Waals surface area contributed by atoms with E-state index in [0.717, 1.165) is 12.8 Å². The number of aromatic nitrogens is 1. The fourth-order valence-electron chi connectivity index (χ4n) is 2.16. The first-order valence-electron chi connectivity index (χ1n) is 6.31. The van der Waals surface area contributed by atoms with Gasteiger partial charge in [-0.05, 0) is 25.7 Å². The van der Waals surface area contributed by atoms with Crippen molar-refractivity contribution in [1.29, 1.82) is 0 Å². The quantitative estimate of drug-likeness (QED) is 0.276. The van der Waals surface area contributed by atoms with Crippen LogP contribution in [0.5, 0.6) is 0 Å². The van der Waals surface area contributed by atoms with E-state index in [9.17, 15) is 10.1 Å². The first-order chi connectivity index (χ1) is 9.45. The van der Waals surface area contributed by atoms with Gasteiger partial charge < -0.3 is 15.8 Å². The molecule has 0 spiro atoms. The highest BCUT2D eigenvalue weighted by Gasteiger charge is 2.32. The maximum Gasteiger partial charge on any atom is 0.288 e. The largest absolute Gasteiger partial charge is 0.409 e. The van der Waals surface area contributed by atoms with Crippen molar-refractivity contribution in [3.05, 3.63) is 27.9 Å². The lowest BCUT2D eigenvalue weighted by molar-refractivity contribution is -0.385. The fraction of sp³-hybridized carbons (Fsp3) is 0.500. The van der Waals surface area contributed by atoms with Gasteiger partial charge in [0.15, 0.2) is 5.84 Å². The maximum absolute atomic E-state index is 10.8. The number of amidine groups is 1. The molecule has 0 aromatic carbocycles. The summed E-state index contributed by atoms with van der Waals surface area (Å²) >= 11 is 0. The van der Waals surface area contributed by atoms with Crippen LogP contribution in [0.4, 0.5) is 11.5 Å². The first-order valence-corrected chi connectivity index (χ1v) is 6.31. The number of oxime groups is 1. The molecule has 1 aromatic heterocycles. The molecular formula is C12H17N5O3. The summed E-state index contributed by atoms with van der Waals surface area (Å²) in [7, 11) is 1.85. The van der Waals surface area contributed by atoms with Gasteiger partial charge in [0.1, 0.15) is 12.0 Å². The SMILES string of the molecule is CC(C1CC1)N(C)c1ncc([N+](=O)[O-])cc1C(N)=NO. The molecule has 1 aliphatic carbocycles. The highest BCUT2D eigenvalue weighted by molar-refractivity contribution is 6.01. The molecule has 1 unspecified atom stereocenters. The van der Waals surface area contributed by atoms with Crippen molar-refractivity contribution in [3.8, 4) is 0 Å². The van der Waals surface area contributed by atoms with Crippen molar-refractivity contribution >= 4 is 17.3 Å². The normalized spacial score (nSPS) is 16.8. The van der Waals surface area contributed by atoms with E-state index in [2.05, 4.69) is 17.1 Å². The standard InChI is InChI=1S/C12H17N5O3/c1-7(8-3-4-8)16(2)12-10(11(13)15-18)5-9(6-14-12)17(19)20/h5-8,18H,3-4H2,1-2H3,(H2,13,15). The van der Waals surface area contributed by atoms with Gasteiger partial charge in [-0.1, -0.05) is 5.16 Å². The minimum atomic E-state index is -0.560. The van der Waals surface area contributed by atoms with Gasteiger partial charge in [0.25, 0.3) is 5.69 Å². The molecule has 108 valence electrons. The number of nitrogens with two attached hydrogens (primary N) is 1. The summed E-state index contributed by atoms with van der Waals surface area (Å²) in [5.41, 5.74) is 5.67. The van der Waals surface area contributed by atoms with Crippen molar-refractivity contribution < 1.29 is 10.1 Å². The molecule has 1 atom stereocenters. The van der Waals surface area contributed by atoms with Gasteiger partial charge in [-0.3, -0.25) is 10.1 Å². The monoisotopic (exact) mass is 279 g/mol. The number of nitro groups is 1. The molecular weight excluding hydrogens is 262 g/mol. The Morgan fingerprint density at radius 2 is 2.35 bits per heavy atom. The molecule has 1 aliphatic rings. The van der Waals surface area contributed by atoms with Gasteiger partial charge in [0.05, 0.1) is 10.5 Å². The number of anilines is 1. The Kier molecular flexibility index (Phi) is 3.73. The van der Waals surface area contributed by atoms with Gasteiger partial charge in [-0.2, -0.15) is 0 Å². The molecule has 1 heterocycles. The van der Waals surface area contributed by atoms with E-state index in [0.29, 0.717) is 11.7 Å². The molecule has 0 bridgehead atoms. The Balaban J connectivity index is 2.42. The summed E-state index contributed by atoms with van der Waals surface area (Å²) in [6, 6.07) is 1.52. The summed E-state index contributed by atoms with van der Waals surface area (Å²) in [6.07, 6.45) is 3.51. The second-order valence-corrected chi connectivity index (χ2v) is 5.00. The number of hydrogen-bond acceptors (Lipinski definition) is 6. The maximum atomic E-state index is 10.8. The van der Waals surface area contributed by atoms with E-state index >= 15 is 0 Å². The Morgan fingerprint density at radius 3 is 2.85 bits per heavy atom. The van der Waals surface area contributed by atoms with Crippen molar-refractivity contribution in [1.82, 2.24) is 4.98 Å². The van der Waals surface area contributed by atoms with Crippen LogP contribution >= 0.6 is 0 Å². The average Bonchev–Trinajstić information content (AvgIpc) is 3.28. The zero-order chi connectivity index (χ0) is 14.9. The molecule has 0 saturated heterocycles. The molecule has 20 heavy (non-hydrogen) atoms. The Bertz CT molecular complexity index is 556. The Labute approximate surface area is 116 Å². The van der Waals surface area contributed by atoms with E-state index in [-0.39, 0.29) is 23.1 Å². The van der Waals surface area contributed by atoms with E-state index in [4.69, 9.17) is 10.9 Å². The van der Waals surface area contributed by atoms with Gasteiger partial charge in [-0.25, -0.2) is 4.98 Å². The second-order valence-electron chi connectivity index (χ2n) is 5.00. The molecule has 0 radical (unpaired) electrons. The van der Waals surface area contributed by atoms with Gasteiger partial charge in [-0.15, -0.1) is 0 Å². The van der Waals surface area contributed by atoms with Crippen molar-refractivity contribution in [2.45, 2.75) is 25.8 Å². The zero-order valence-electron chi connectivity index (χ0n) is 11.4. The van der Waals surface area contributed by atoms with Gasteiger partial charge in [0.2, 0.25) is 0 Å². The van der Waals surface area contributed by atoms with E-state index in [1.807, 2.05) is 11.9 Å². The zero-order valence-corrected chi connectivity index (χ0v) is 11.4. The molecule has 3 N–H and O–H groups in total. The van der Waals surface area contributed by atoms with Crippen LogP contribution < -0.4 is 10.6 Å². The van der Waals surface area contributed by atoms with E-state index in [1.165, 1.54) is 12.3 Å². The summed E-state index contributed by atoms with van der Waals surface area (Å²) in [4.78, 5) is 16.3. The fourth-order valence-corrected chi connectivity index (χ4v) is 2.16. The van der Waals surface area contributed by atoms with Crippen LogP contribution in [-0.4, -0.2) is 34.0 Å². The third-order valence-corrected chi connectivity index (χ3v) is 3.70. The average molecular weight is 279 g/mol. The summed E-state index contributed by atoms with van der Waals surface area (Å²) in [5.74, 6) is 0.883. The minimum absolute atomic E-state index is 0.189. The lowest BCUT2D eigenvalue weighted by atomic mass is 10.1. The smallest absolute Gasteiger partial charge is 0.288 e. The number of rotatable bonds is 5. The van der Waals surface area contributed by atoms with Gasteiger partial charge in [0, 0.05) is 19.2 Å². The molecule has 2 rings (SSSR count). The second kappa shape index (κ2) is 5.32. The minimum Gasteiger partial charge on any atom is -0.409 e. The summed E-state index contributed by atoms with van der Waals surface area (Å²) in [5, 5.41) is 22.6. The predicted octanol–water partition coefficient (Wildman–Crippen LogP) is 1.32. The van der Waals surface area contributed by atoms with Crippen LogP contribution in [0.1, 0.15) is 25.3 Å². The first kappa shape index (κ1) is 14.0. The highest BCUT2D eigenvalue weighted by atomic mass is 16.6. The third-order valence-electron chi connectivity index (χ3n) is 3.70. The van der Waals surface area contributed by atoms with Crippen LogP contribution in [-0.2, 0) is 0 Å². The molecule has 1 aromatic rings. The van der Waals surface area contributed by atoms with Crippen molar-refractivity contribution in [2.24, 2.45) is 16.8 Å². The van der Waals surface area contributed by atoms with Crippen molar-refractivity contribution in [2.75, 3.05) is 11.9 Å². The van der Waals surface area contributed by atoms with Gasteiger partial charge >= 0.3 is 0 Å². The molecule has 1 fully saturated rings. The molecule has 1 saturated carbocycles. The molecule has 0 amide bonds. The van der Waals surface area contributed by atoms with E-state index in [1.54, 1.807) is 0 Å². The Morgan fingerprint density at radius 1 is 1.70 bits per heavy atom. The van der Waals surface area contributed by atoms with E-state index < -0.39 is 4.92 Å². The predicted molar refractivity (Wildman–Crippen MR) is 74.0 cm³/mol. The van der Waals surface area contributed by atoms with Crippen LogP contribution in [0.15, 0.2) is 17.4 Å². The van der Waals surface area contributed by atoms with Crippen molar-refractivity contribution in [3.63, 3.8) is 0 Å². The third kappa shape index (κ3) is 2.63. The lowest BCUT2D eigenvalue weighted by Crippen LogP contribution is -2.33. The number of nitrogens with zero attached hydrogens (tertiary/aromatic N) is 4. The summed E-state index contributed by atoms with van der Waals surface area (Å²) < 4.78 is 0. The molecule has 0 aliphatic heterocycles. The van der Waals surface area contributed by atoms with Crippen LogP contribution in [0.3, 0.4) is 0 Å². The lowest BCUT2D eigenvalue weighted by Gasteiger charge is -2.27. The topological polar surface area (TPSA) is 118 Å².